The Morgan fingerprint density at radius 2 is 1.30 bits per heavy atom. The van der Waals surface area contributed by atoms with Crippen LogP contribution in [0.3, 0.4) is 0 Å². The minimum Gasteiger partial charge on any atom is -0.326 e. The van der Waals surface area contributed by atoms with Gasteiger partial charge in [-0.05, 0) is 35.4 Å². The van der Waals surface area contributed by atoms with E-state index in [1.807, 2.05) is 48.7 Å². The van der Waals surface area contributed by atoms with Crippen LogP contribution in [-0.4, -0.2) is 19.1 Å². The molecule has 0 fully saturated rings. The lowest BCUT2D eigenvalue weighted by atomic mass is 9.97. The number of rotatable bonds is 5. The predicted octanol–water partition coefficient (Wildman–Crippen LogP) is 3.41. The minimum absolute atomic E-state index is 0.279. The molecule has 5 heteroatoms. The fraction of sp³-hybridized carbons (Fsp3) is 0.0455. The van der Waals surface area contributed by atoms with Crippen molar-refractivity contribution in [2.75, 3.05) is 0 Å². The number of aromatic nitrogens is 2. The molecule has 0 saturated carbocycles. The van der Waals surface area contributed by atoms with Gasteiger partial charge in [-0.15, -0.1) is 0 Å². The largest absolute Gasteiger partial charge is 0.326 e. The highest BCUT2D eigenvalue weighted by atomic mass is 28.2. The van der Waals surface area contributed by atoms with E-state index in [0.29, 0.717) is 0 Å². The molecule has 134 valence electrons. The van der Waals surface area contributed by atoms with Crippen molar-refractivity contribution in [2.45, 2.75) is 5.16 Å². The smallest absolute Gasteiger partial charge is 0.123 e. The van der Waals surface area contributed by atoms with E-state index in [9.17, 15) is 8.78 Å². The zero-order valence-corrected chi connectivity index (χ0v) is 16.0. The second-order valence-electron chi connectivity index (χ2n) is 6.51. The van der Waals surface area contributed by atoms with Crippen molar-refractivity contribution >= 4 is 14.7 Å². The van der Waals surface area contributed by atoms with E-state index in [1.54, 1.807) is 12.5 Å². The van der Waals surface area contributed by atoms with Crippen molar-refractivity contribution in [1.82, 2.24) is 9.55 Å². The van der Waals surface area contributed by atoms with Crippen LogP contribution in [0.25, 0.3) is 0 Å². The van der Waals surface area contributed by atoms with E-state index in [1.165, 1.54) is 29.5 Å². The summed E-state index contributed by atoms with van der Waals surface area (Å²) in [4.78, 5) is 4.25. The summed E-state index contributed by atoms with van der Waals surface area (Å²) in [7, 11) is -1.02. The van der Waals surface area contributed by atoms with Gasteiger partial charge < -0.3 is 4.57 Å². The molecule has 4 rings (SSSR count). The maximum Gasteiger partial charge on any atom is 0.123 e. The van der Waals surface area contributed by atoms with Crippen molar-refractivity contribution in [3.8, 4) is 0 Å². The summed E-state index contributed by atoms with van der Waals surface area (Å²) in [5.41, 5.74) is 1.92. The van der Waals surface area contributed by atoms with E-state index in [0.717, 1.165) is 11.1 Å². The summed E-state index contributed by atoms with van der Waals surface area (Å²) in [6.07, 6.45) is 5.44. The summed E-state index contributed by atoms with van der Waals surface area (Å²) in [5.74, 6) is -0.558. The van der Waals surface area contributed by atoms with Crippen LogP contribution in [0.4, 0.5) is 8.78 Å². The van der Waals surface area contributed by atoms with Gasteiger partial charge in [0.15, 0.2) is 0 Å². The fourth-order valence-corrected chi connectivity index (χ4v) is 5.94. The Kier molecular flexibility index (Phi) is 4.69. The van der Waals surface area contributed by atoms with Crippen molar-refractivity contribution in [1.29, 1.82) is 0 Å². The highest BCUT2D eigenvalue weighted by Crippen LogP contribution is 2.33. The molecule has 0 spiro atoms. The quantitative estimate of drug-likeness (QED) is 0.488. The Hall–Kier alpha value is -3.05. The monoisotopic (exact) mass is 376 g/mol. The van der Waals surface area contributed by atoms with Gasteiger partial charge in [0.05, 0.1) is 21.0 Å². The standard InChI is InChI=1S/C22H18F2N2Si/c23-19-10-6-17(7-11-19)22(26-15-14-25-16-26,18-8-12-20(24)13-9-18)27-21-4-2-1-3-5-21/h1-16H,27H2. The van der Waals surface area contributed by atoms with Gasteiger partial charge in [-0.1, -0.05) is 59.8 Å². The van der Waals surface area contributed by atoms with Crippen LogP contribution in [0, 0.1) is 11.6 Å². The van der Waals surface area contributed by atoms with Crippen molar-refractivity contribution in [3.05, 3.63) is 120 Å². The highest BCUT2D eigenvalue weighted by Gasteiger charge is 2.36. The summed E-state index contributed by atoms with van der Waals surface area (Å²) < 4.78 is 29.3. The summed E-state index contributed by atoms with van der Waals surface area (Å²) >= 11 is 0. The second-order valence-corrected chi connectivity index (χ2v) is 8.70. The molecule has 0 unspecified atom stereocenters. The third-order valence-electron chi connectivity index (χ3n) is 4.89. The van der Waals surface area contributed by atoms with Crippen LogP contribution in [0.15, 0.2) is 97.6 Å². The van der Waals surface area contributed by atoms with E-state index in [2.05, 4.69) is 21.7 Å². The Morgan fingerprint density at radius 1 is 0.741 bits per heavy atom. The Labute approximate surface area is 159 Å². The Morgan fingerprint density at radius 3 is 1.78 bits per heavy atom. The van der Waals surface area contributed by atoms with Crippen LogP contribution in [0.1, 0.15) is 11.1 Å². The molecule has 2 nitrogen and oxygen atoms in total. The molecule has 0 atom stereocenters. The number of hydrogen-bond acceptors (Lipinski definition) is 1. The van der Waals surface area contributed by atoms with Gasteiger partial charge in [-0.25, -0.2) is 13.8 Å². The Bertz CT molecular complexity index is 953. The average molecular weight is 376 g/mol. The molecule has 3 aromatic carbocycles. The molecule has 1 heterocycles. The summed E-state index contributed by atoms with van der Waals surface area (Å²) in [5, 5.41) is 0.707. The minimum atomic E-state index is -1.02. The summed E-state index contributed by atoms with van der Waals surface area (Å²) in [6.45, 7) is 0. The number of imidazole rings is 1. The third-order valence-corrected chi connectivity index (χ3v) is 7.46. The maximum absolute atomic E-state index is 13.6. The first-order chi connectivity index (χ1) is 13.2. The SMILES string of the molecule is Fc1ccc(C([SiH2]c2ccccc2)(c2ccc(F)cc2)n2ccnc2)cc1. The molecule has 0 aliphatic rings. The lowest BCUT2D eigenvalue weighted by Gasteiger charge is -2.37. The lowest BCUT2D eigenvalue weighted by molar-refractivity contribution is 0.584. The number of nitrogens with zero attached hydrogens (tertiary/aromatic N) is 2. The Balaban J connectivity index is 1.98. The van der Waals surface area contributed by atoms with Crippen molar-refractivity contribution in [2.24, 2.45) is 0 Å². The van der Waals surface area contributed by atoms with Gasteiger partial charge in [0.1, 0.15) is 11.6 Å². The molecule has 1 aromatic heterocycles. The van der Waals surface area contributed by atoms with Crippen LogP contribution in [0.5, 0.6) is 0 Å². The molecular formula is C22H18F2N2Si. The molecule has 0 aliphatic heterocycles. The highest BCUT2D eigenvalue weighted by molar-refractivity contribution is 6.57. The van der Waals surface area contributed by atoms with Crippen LogP contribution < -0.4 is 5.19 Å². The topological polar surface area (TPSA) is 17.8 Å². The van der Waals surface area contributed by atoms with E-state index in [-0.39, 0.29) is 11.6 Å². The maximum atomic E-state index is 13.6. The summed E-state index contributed by atoms with van der Waals surface area (Å²) in [6, 6.07) is 23.4. The molecule has 0 saturated heterocycles. The van der Waals surface area contributed by atoms with Crippen LogP contribution >= 0.6 is 0 Å². The first kappa shape index (κ1) is 17.4. The zero-order chi connectivity index (χ0) is 18.7. The van der Waals surface area contributed by atoms with Gasteiger partial charge in [0.25, 0.3) is 0 Å². The molecule has 0 radical (unpaired) electrons. The third kappa shape index (κ3) is 3.33. The van der Waals surface area contributed by atoms with E-state index in [4.69, 9.17) is 0 Å². The van der Waals surface area contributed by atoms with Gasteiger partial charge in [-0.3, -0.25) is 0 Å². The molecule has 0 bridgehead atoms. The number of hydrogen-bond donors (Lipinski definition) is 0. The van der Waals surface area contributed by atoms with Crippen molar-refractivity contribution < 1.29 is 8.78 Å². The first-order valence-electron chi connectivity index (χ1n) is 8.73. The van der Waals surface area contributed by atoms with Crippen molar-refractivity contribution in [3.63, 3.8) is 0 Å². The fourth-order valence-electron chi connectivity index (χ4n) is 3.59. The molecule has 27 heavy (non-hydrogen) atoms. The molecule has 0 amide bonds. The van der Waals surface area contributed by atoms with E-state index >= 15 is 0 Å². The first-order valence-corrected chi connectivity index (χ1v) is 10.1. The predicted molar refractivity (Wildman–Crippen MR) is 106 cm³/mol. The number of halogens is 2. The normalized spacial score (nSPS) is 11.9. The number of benzene rings is 3. The lowest BCUT2D eigenvalue weighted by Crippen LogP contribution is -2.46. The van der Waals surface area contributed by atoms with Crippen LogP contribution in [0.2, 0.25) is 0 Å². The molecular weight excluding hydrogens is 358 g/mol. The molecule has 0 aliphatic carbocycles. The van der Waals surface area contributed by atoms with Gasteiger partial charge in [-0.2, -0.15) is 0 Å². The van der Waals surface area contributed by atoms with Crippen LogP contribution in [-0.2, 0) is 5.16 Å². The molecule has 4 aromatic rings. The van der Waals surface area contributed by atoms with Gasteiger partial charge in [0.2, 0.25) is 0 Å². The van der Waals surface area contributed by atoms with Gasteiger partial charge >= 0.3 is 0 Å². The van der Waals surface area contributed by atoms with Gasteiger partial charge in [0, 0.05) is 12.4 Å². The molecule has 0 N–H and O–H groups in total. The zero-order valence-electron chi connectivity index (χ0n) is 14.6. The average Bonchev–Trinajstić information content (AvgIpc) is 3.24. The van der Waals surface area contributed by atoms with E-state index < -0.39 is 14.7 Å². The second kappa shape index (κ2) is 7.29.